The average molecular weight is 394 g/mol. The Balaban J connectivity index is 1.64. The van der Waals surface area contributed by atoms with E-state index in [4.69, 9.17) is 14.2 Å². The summed E-state index contributed by atoms with van der Waals surface area (Å²) < 4.78 is 14.9. The van der Waals surface area contributed by atoms with Gasteiger partial charge in [-0.25, -0.2) is 4.79 Å². The highest BCUT2D eigenvalue weighted by molar-refractivity contribution is 8.01. The number of fused-ring (bicyclic) bond motifs is 1. The van der Waals surface area contributed by atoms with E-state index in [0.717, 1.165) is 0 Å². The fourth-order valence-corrected chi connectivity index (χ4v) is 5.14. The minimum Gasteiger partial charge on any atom is -0.484 e. The van der Waals surface area contributed by atoms with Gasteiger partial charge in [-0.1, -0.05) is 18.2 Å². The average Bonchev–Trinajstić information content (AvgIpc) is 2.94. The zero-order valence-corrected chi connectivity index (χ0v) is 16.2. The fourth-order valence-electron chi connectivity index (χ4n) is 3.41. The third kappa shape index (κ3) is 3.61. The number of nitrogens with zero attached hydrogens (tertiary/aromatic N) is 1. The molecule has 0 radical (unpaired) electrons. The van der Waals surface area contributed by atoms with Gasteiger partial charge in [0.1, 0.15) is 23.2 Å². The highest BCUT2D eigenvalue weighted by atomic mass is 32.2. The molecular formula is C18H22N2O6S. The number of amides is 2. The van der Waals surface area contributed by atoms with Crippen molar-refractivity contribution in [3.8, 4) is 5.75 Å². The van der Waals surface area contributed by atoms with E-state index >= 15 is 0 Å². The van der Waals surface area contributed by atoms with E-state index in [1.807, 2.05) is 13.0 Å². The van der Waals surface area contributed by atoms with Crippen molar-refractivity contribution in [2.45, 2.75) is 29.1 Å². The molecule has 2 aliphatic heterocycles. The van der Waals surface area contributed by atoms with Gasteiger partial charge in [0.15, 0.2) is 6.61 Å². The normalized spacial score (nSPS) is 28.9. The summed E-state index contributed by atoms with van der Waals surface area (Å²) in [7, 11) is 2.83. The summed E-state index contributed by atoms with van der Waals surface area (Å²) >= 11 is 1.43. The number of hydrogen-bond acceptors (Lipinski definition) is 7. The van der Waals surface area contributed by atoms with Crippen molar-refractivity contribution in [2.75, 3.05) is 27.4 Å². The van der Waals surface area contributed by atoms with Crippen LogP contribution in [0.15, 0.2) is 30.3 Å². The standard InChI is InChI=1S/C18H22N2O6S/c1-18(10-24-2)14(17(23)25-3)20-15(22)13(16(20)27-18)19-12(21)9-26-11-7-5-4-6-8-11/h4-8,13-14,16H,9-10H2,1-3H3,(H,19,21). The molecule has 3 rings (SSSR count). The number of nitrogens with one attached hydrogen (secondary N) is 1. The molecule has 2 heterocycles. The molecule has 0 spiro atoms. The van der Waals surface area contributed by atoms with Crippen molar-refractivity contribution in [1.82, 2.24) is 10.2 Å². The van der Waals surface area contributed by atoms with Crippen molar-refractivity contribution >= 4 is 29.5 Å². The lowest BCUT2D eigenvalue weighted by molar-refractivity contribution is -0.163. The number of ether oxygens (including phenoxy) is 3. The molecule has 8 nitrogen and oxygen atoms in total. The molecule has 0 bridgehead atoms. The van der Waals surface area contributed by atoms with Crippen LogP contribution in [0, 0.1) is 0 Å². The molecule has 2 amide bonds. The first-order valence-corrected chi connectivity index (χ1v) is 9.33. The number of carbonyl (C=O) groups excluding carboxylic acids is 3. The Kier molecular flexibility index (Phi) is 5.61. The summed E-state index contributed by atoms with van der Waals surface area (Å²) in [5.74, 6) is -0.624. The van der Waals surface area contributed by atoms with Crippen LogP contribution in [0.4, 0.5) is 0 Å². The number of esters is 1. The number of rotatable bonds is 7. The molecule has 2 fully saturated rings. The molecule has 0 aromatic heterocycles. The van der Waals surface area contributed by atoms with Gasteiger partial charge < -0.3 is 24.4 Å². The number of methoxy groups -OCH3 is 2. The van der Waals surface area contributed by atoms with Crippen molar-refractivity contribution in [3.05, 3.63) is 30.3 Å². The van der Waals surface area contributed by atoms with E-state index in [0.29, 0.717) is 5.75 Å². The molecule has 27 heavy (non-hydrogen) atoms. The van der Waals surface area contributed by atoms with Crippen LogP contribution in [-0.2, 0) is 23.9 Å². The van der Waals surface area contributed by atoms with Crippen molar-refractivity contribution in [3.63, 3.8) is 0 Å². The maximum atomic E-state index is 12.6. The lowest BCUT2D eigenvalue weighted by Crippen LogP contribution is -2.71. The zero-order chi connectivity index (χ0) is 19.6. The van der Waals surface area contributed by atoms with Gasteiger partial charge in [0.05, 0.1) is 18.5 Å². The van der Waals surface area contributed by atoms with E-state index in [9.17, 15) is 14.4 Å². The maximum absolute atomic E-state index is 12.6. The highest BCUT2D eigenvalue weighted by Crippen LogP contribution is 2.51. The molecule has 1 aromatic rings. The summed E-state index contributed by atoms with van der Waals surface area (Å²) in [6.45, 7) is 1.93. The molecule has 2 saturated heterocycles. The summed E-state index contributed by atoms with van der Waals surface area (Å²) in [5, 5.41) is 2.35. The van der Waals surface area contributed by atoms with Gasteiger partial charge in [0.2, 0.25) is 5.91 Å². The molecule has 0 aliphatic carbocycles. The smallest absolute Gasteiger partial charge is 0.330 e. The Bertz CT molecular complexity index is 730. The van der Waals surface area contributed by atoms with Gasteiger partial charge in [0.25, 0.3) is 5.91 Å². The predicted octanol–water partition coefficient (Wildman–Crippen LogP) is 0.412. The number of hydrogen-bond donors (Lipinski definition) is 1. The molecule has 4 atom stereocenters. The second kappa shape index (κ2) is 7.77. The second-order valence-corrected chi connectivity index (χ2v) is 8.22. The minimum absolute atomic E-state index is 0.194. The Labute approximate surface area is 161 Å². The van der Waals surface area contributed by atoms with Crippen LogP contribution in [0.1, 0.15) is 6.92 Å². The summed E-state index contributed by atoms with van der Waals surface area (Å²) in [6, 6.07) is 7.49. The highest BCUT2D eigenvalue weighted by Gasteiger charge is 2.66. The summed E-state index contributed by atoms with van der Waals surface area (Å²) in [5.41, 5.74) is 0. The van der Waals surface area contributed by atoms with E-state index in [1.165, 1.54) is 30.9 Å². The molecule has 146 valence electrons. The van der Waals surface area contributed by atoms with E-state index in [1.54, 1.807) is 24.3 Å². The van der Waals surface area contributed by atoms with Crippen molar-refractivity contribution < 1.29 is 28.6 Å². The van der Waals surface area contributed by atoms with Crippen LogP contribution in [0.25, 0.3) is 0 Å². The summed E-state index contributed by atoms with van der Waals surface area (Å²) in [6.07, 6.45) is 0. The molecule has 0 saturated carbocycles. The van der Waals surface area contributed by atoms with Crippen LogP contribution in [-0.4, -0.2) is 72.3 Å². The van der Waals surface area contributed by atoms with Crippen molar-refractivity contribution in [1.29, 1.82) is 0 Å². The lowest BCUT2D eigenvalue weighted by Gasteiger charge is -2.43. The van der Waals surface area contributed by atoms with E-state index in [2.05, 4.69) is 5.32 Å². The minimum atomic E-state index is -0.751. The number of para-hydroxylation sites is 1. The monoisotopic (exact) mass is 394 g/mol. The number of carbonyl (C=O) groups is 3. The first-order valence-electron chi connectivity index (χ1n) is 8.45. The third-order valence-electron chi connectivity index (χ3n) is 4.61. The van der Waals surface area contributed by atoms with Crippen LogP contribution in [0.2, 0.25) is 0 Å². The second-order valence-electron chi connectivity index (χ2n) is 6.57. The third-order valence-corrected chi connectivity index (χ3v) is 6.23. The van der Waals surface area contributed by atoms with Gasteiger partial charge in [0, 0.05) is 7.11 Å². The Morgan fingerprint density at radius 1 is 1.26 bits per heavy atom. The van der Waals surface area contributed by atoms with Crippen LogP contribution < -0.4 is 10.1 Å². The van der Waals surface area contributed by atoms with Gasteiger partial charge in [-0.2, -0.15) is 0 Å². The number of thioether (sulfide) groups is 1. The van der Waals surface area contributed by atoms with Crippen LogP contribution in [0.5, 0.6) is 5.75 Å². The largest absolute Gasteiger partial charge is 0.484 e. The zero-order valence-electron chi connectivity index (χ0n) is 15.3. The molecule has 9 heteroatoms. The molecule has 2 aliphatic rings. The molecule has 1 N–H and O–H groups in total. The van der Waals surface area contributed by atoms with Crippen LogP contribution in [0.3, 0.4) is 0 Å². The lowest BCUT2D eigenvalue weighted by atomic mass is 9.95. The molecule has 4 unspecified atom stereocenters. The Hall–Kier alpha value is -2.26. The number of benzene rings is 1. The summed E-state index contributed by atoms with van der Waals surface area (Å²) in [4.78, 5) is 38.5. The Morgan fingerprint density at radius 3 is 2.59 bits per heavy atom. The fraction of sp³-hybridized carbons (Fsp3) is 0.500. The van der Waals surface area contributed by atoms with Gasteiger partial charge in [-0.15, -0.1) is 11.8 Å². The van der Waals surface area contributed by atoms with Gasteiger partial charge in [-0.05, 0) is 19.1 Å². The van der Waals surface area contributed by atoms with E-state index < -0.39 is 28.7 Å². The quantitative estimate of drug-likeness (QED) is 0.529. The van der Waals surface area contributed by atoms with Gasteiger partial charge >= 0.3 is 5.97 Å². The molecule has 1 aromatic carbocycles. The van der Waals surface area contributed by atoms with E-state index in [-0.39, 0.29) is 24.5 Å². The molecular weight excluding hydrogens is 372 g/mol. The SMILES string of the molecule is COCC1(C)SC2C(NC(=O)COc3ccccc3)C(=O)N2C1C(=O)OC. The first kappa shape index (κ1) is 19.5. The first-order chi connectivity index (χ1) is 12.9. The number of β-lactam (4-membered cyclic amide) rings is 1. The maximum Gasteiger partial charge on any atom is 0.330 e. The van der Waals surface area contributed by atoms with Crippen molar-refractivity contribution in [2.24, 2.45) is 0 Å². The Morgan fingerprint density at radius 2 is 1.96 bits per heavy atom. The predicted molar refractivity (Wildman–Crippen MR) is 98.2 cm³/mol. The topological polar surface area (TPSA) is 94.2 Å². The van der Waals surface area contributed by atoms with Gasteiger partial charge in [-0.3, -0.25) is 9.59 Å². The van der Waals surface area contributed by atoms with Crippen LogP contribution >= 0.6 is 11.8 Å².